The lowest BCUT2D eigenvalue weighted by molar-refractivity contribution is 0.173. The second kappa shape index (κ2) is 8.66. The highest BCUT2D eigenvalue weighted by atomic mass is 19.1. The van der Waals surface area contributed by atoms with Gasteiger partial charge in [-0.3, -0.25) is 0 Å². The van der Waals surface area contributed by atoms with Gasteiger partial charge < -0.3 is 29.6 Å². The Labute approximate surface area is 184 Å². The predicted octanol–water partition coefficient (Wildman–Crippen LogP) is 4.26. The lowest BCUT2D eigenvalue weighted by Crippen LogP contribution is -2.40. The fourth-order valence-corrected chi connectivity index (χ4v) is 3.76. The number of hydrogen-bond acceptors (Lipinski definition) is 5. The van der Waals surface area contributed by atoms with Gasteiger partial charge in [-0.25, -0.2) is 9.18 Å². The van der Waals surface area contributed by atoms with Crippen molar-refractivity contribution in [1.82, 2.24) is 5.32 Å². The topological polar surface area (TPSA) is 78.1 Å². The summed E-state index contributed by atoms with van der Waals surface area (Å²) in [7, 11) is 0. The van der Waals surface area contributed by atoms with Gasteiger partial charge in [-0.05, 0) is 72.5 Å². The van der Waals surface area contributed by atoms with Crippen LogP contribution in [0.1, 0.15) is 11.1 Å². The van der Waals surface area contributed by atoms with E-state index in [1.165, 1.54) is 24.3 Å². The van der Waals surface area contributed by atoms with Gasteiger partial charge in [0.15, 0.2) is 23.0 Å². The summed E-state index contributed by atoms with van der Waals surface area (Å²) in [6.07, 6.45) is 1.14. The zero-order valence-corrected chi connectivity index (χ0v) is 17.1. The van der Waals surface area contributed by atoms with Crippen LogP contribution in [0.15, 0.2) is 60.7 Å². The number of hydrogen-bond donors (Lipinski definition) is 2. The fourth-order valence-electron chi connectivity index (χ4n) is 3.76. The Morgan fingerprint density at radius 2 is 1.31 bits per heavy atom. The summed E-state index contributed by atoms with van der Waals surface area (Å²) < 4.78 is 34.9. The number of nitrogens with one attached hydrogen (secondary N) is 2. The van der Waals surface area contributed by atoms with Crippen LogP contribution in [-0.2, 0) is 12.8 Å². The average molecular weight is 436 g/mol. The minimum absolute atomic E-state index is 0.206. The number of benzene rings is 3. The largest absolute Gasteiger partial charge is 0.454 e. The number of anilines is 1. The van der Waals surface area contributed by atoms with E-state index in [1.54, 1.807) is 0 Å². The van der Waals surface area contributed by atoms with Crippen LogP contribution in [0.4, 0.5) is 14.9 Å². The van der Waals surface area contributed by atoms with Crippen LogP contribution in [0.2, 0.25) is 0 Å². The van der Waals surface area contributed by atoms with Crippen molar-refractivity contribution in [2.24, 2.45) is 0 Å². The number of rotatable bonds is 6. The molecule has 2 amide bonds. The van der Waals surface area contributed by atoms with Crippen molar-refractivity contribution in [1.29, 1.82) is 0 Å². The molecule has 5 rings (SSSR count). The molecule has 3 aromatic carbocycles. The SMILES string of the molecule is O=C(Nc1ccc(F)cc1)NC(Cc1ccc2c(c1)OCO2)Cc1ccc2c(c1)OCO2. The summed E-state index contributed by atoms with van der Waals surface area (Å²) in [4.78, 5) is 12.7. The van der Waals surface area contributed by atoms with E-state index < -0.39 is 0 Å². The van der Waals surface area contributed by atoms with E-state index in [0.717, 1.165) is 11.1 Å². The van der Waals surface area contributed by atoms with Crippen LogP contribution in [-0.4, -0.2) is 25.7 Å². The van der Waals surface area contributed by atoms with E-state index in [0.29, 0.717) is 41.5 Å². The zero-order valence-electron chi connectivity index (χ0n) is 17.1. The number of carbonyl (C=O) groups is 1. The molecule has 0 fully saturated rings. The molecule has 7 nitrogen and oxygen atoms in total. The number of ether oxygens (including phenoxy) is 4. The second-order valence-corrected chi connectivity index (χ2v) is 7.59. The highest BCUT2D eigenvalue weighted by Crippen LogP contribution is 2.34. The molecule has 0 aliphatic carbocycles. The standard InChI is InChI=1S/C24H21FN2O5/c25-17-3-5-18(6-4-17)26-24(28)27-19(9-15-1-7-20-22(11-15)31-13-29-20)10-16-2-8-21-23(12-16)32-14-30-21/h1-8,11-12,19H,9-10,13-14H2,(H2,26,27,28). The van der Waals surface area contributed by atoms with E-state index in [-0.39, 0.29) is 31.5 Å². The third-order valence-electron chi connectivity index (χ3n) is 5.28. The lowest BCUT2D eigenvalue weighted by Gasteiger charge is -2.20. The predicted molar refractivity (Wildman–Crippen MR) is 115 cm³/mol. The smallest absolute Gasteiger partial charge is 0.319 e. The molecular weight excluding hydrogens is 415 g/mol. The molecule has 0 aromatic heterocycles. The molecule has 0 spiro atoms. The number of halogens is 1. The minimum atomic E-state index is -0.372. The molecule has 164 valence electrons. The first-order chi connectivity index (χ1) is 15.6. The molecule has 8 heteroatoms. The van der Waals surface area contributed by atoms with E-state index in [2.05, 4.69) is 10.6 Å². The Hall–Kier alpha value is -3.94. The number of fused-ring (bicyclic) bond motifs is 2. The van der Waals surface area contributed by atoms with Crippen molar-refractivity contribution >= 4 is 11.7 Å². The van der Waals surface area contributed by atoms with Gasteiger partial charge in [-0.2, -0.15) is 0 Å². The van der Waals surface area contributed by atoms with E-state index in [9.17, 15) is 9.18 Å². The van der Waals surface area contributed by atoms with Crippen molar-refractivity contribution in [3.8, 4) is 23.0 Å². The summed E-state index contributed by atoms with van der Waals surface area (Å²) in [5.74, 6) is 2.45. The van der Waals surface area contributed by atoms with Crippen molar-refractivity contribution in [2.75, 3.05) is 18.9 Å². The van der Waals surface area contributed by atoms with Crippen molar-refractivity contribution in [3.05, 3.63) is 77.6 Å². The molecule has 0 saturated carbocycles. The number of amides is 2. The monoisotopic (exact) mass is 436 g/mol. The molecule has 2 N–H and O–H groups in total. The molecule has 0 saturated heterocycles. The summed E-state index contributed by atoms with van der Waals surface area (Å²) in [5.41, 5.74) is 2.51. The third kappa shape index (κ3) is 4.54. The Kier molecular flexibility index (Phi) is 5.41. The van der Waals surface area contributed by atoms with Crippen LogP contribution in [0.25, 0.3) is 0 Å². The van der Waals surface area contributed by atoms with Gasteiger partial charge in [0.25, 0.3) is 0 Å². The molecule has 3 aromatic rings. The molecule has 0 bridgehead atoms. The Morgan fingerprint density at radius 3 is 1.88 bits per heavy atom. The number of carbonyl (C=O) groups excluding carboxylic acids is 1. The van der Waals surface area contributed by atoms with Gasteiger partial charge in [0, 0.05) is 11.7 Å². The number of urea groups is 1. The van der Waals surface area contributed by atoms with E-state index >= 15 is 0 Å². The lowest BCUT2D eigenvalue weighted by atomic mass is 9.98. The average Bonchev–Trinajstić information content (AvgIpc) is 3.43. The first kappa shape index (κ1) is 20.0. The first-order valence-electron chi connectivity index (χ1n) is 10.2. The maximum Gasteiger partial charge on any atom is 0.319 e. The molecule has 0 radical (unpaired) electrons. The van der Waals surface area contributed by atoms with E-state index in [1.807, 2.05) is 36.4 Å². The summed E-state index contributed by atoms with van der Waals surface area (Å²) in [6, 6.07) is 16.5. The summed E-state index contributed by atoms with van der Waals surface area (Å²) in [6.45, 7) is 0.412. The van der Waals surface area contributed by atoms with E-state index in [4.69, 9.17) is 18.9 Å². The van der Waals surface area contributed by atoms with Crippen LogP contribution < -0.4 is 29.6 Å². The Morgan fingerprint density at radius 1 is 0.781 bits per heavy atom. The normalized spacial score (nSPS) is 13.3. The van der Waals surface area contributed by atoms with Crippen molar-refractivity contribution < 1.29 is 28.1 Å². The maximum atomic E-state index is 13.1. The molecule has 0 atom stereocenters. The van der Waals surface area contributed by atoms with Gasteiger partial charge in [-0.1, -0.05) is 12.1 Å². The van der Waals surface area contributed by atoms with Gasteiger partial charge in [-0.15, -0.1) is 0 Å². The van der Waals surface area contributed by atoms with Crippen LogP contribution in [0.5, 0.6) is 23.0 Å². The van der Waals surface area contributed by atoms with Crippen molar-refractivity contribution in [3.63, 3.8) is 0 Å². The van der Waals surface area contributed by atoms with Crippen LogP contribution >= 0.6 is 0 Å². The van der Waals surface area contributed by atoms with Crippen LogP contribution in [0, 0.1) is 5.82 Å². The summed E-state index contributed by atoms with van der Waals surface area (Å²) in [5, 5.41) is 5.77. The minimum Gasteiger partial charge on any atom is -0.454 e. The first-order valence-corrected chi connectivity index (χ1v) is 10.2. The molecule has 0 unspecified atom stereocenters. The van der Waals surface area contributed by atoms with Gasteiger partial charge in [0.05, 0.1) is 0 Å². The molecule has 32 heavy (non-hydrogen) atoms. The van der Waals surface area contributed by atoms with Crippen molar-refractivity contribution in [2.45, 2.75) is 18.9 Å². The molecule has 2 aliphatic heterocycles. The summed E-state index contributed by atoms with van der Waals surface area (Å²) >= 11 is 0. The Balaban J connectivity index is 1.32. The van der Waals surface area contributed by atoms with Gasteiger partial charge in [0.1, 0.15) is 5.82 Å². The molecule has 2 aliphatic rings. The Bertz CT molecular complexity index is 1080. The molecular formula is C24H21FN2O5. The van der Waals surface area contributed by atoms with Gasteiger partial charge >= 0.3 is 6.03 Å². The highest BCUT2D eigenvalue weighted by Gasteiger charge is 2.20. The zero-order chi connectivity index (χ0) is 21.9. The maximum absolute atomic E-state index is 13.1. The molecule has 2 heterocycles. The quantitative estimate of drug-likeness (QED) is 0.604. The van der Waals surface area contributed by atoms with Gasteiger partial charge in [0.2, 0.25) is 13.6 Å². The third-order valence-corrected chi connectivity index (χ3v) is 5.28. The van der Waals surface area contributed by atoms with Crippen LogP contribution in [0.3, 0.4) is 0 Å². The second-order valence-electron chi connectivity index (χ2n) is 7.59. The fraction of sp³-hybridized carbons (Fsp3) is 0.208. The highest BCUT2D eigenvalue weighted by molar-refractivity contribution is 5.89.